The van der Waals surface area contributed by atoms with Gasteiger partial charge in [0.1, 0.15) is 0 Å². The average Bonchev–Trinajstić information content (AvgIpc) is 2.85. The summed E-state index contributed by atoms with van der Waals surface area (Å²) in [5, 5.41) is 0. The van der Waals surface area contributed by atoms with Crippen LogP contribution in [0, 0.1) is 6.92 Å². The van der Waals surface area contributed by atoms with Gasteiger partial charge in [-0.25, -0.2) is 0 Å². The van der Waals surface area contributed by atoms with Gasteiger partial charge in [-0.15, -0.1) is 0 Å². The van der Waals surface area contributed by atoms with Crippen LogP contribution in [0.3, 0.4) is 0 Å². The first-order chi connectivity index (χ1) is 9.16. The molecule has 0 amide bonds. The van der Waals surface area contributed by atoms with E-state index in [0.717, 1.165) is 17.1 Å². The van der Waals surface area contributed by atoms with Crippen molar-refractivity contribution in [3.63, 3.8) is 0 Å². The number of hydrogen-bond donors (Lipinski definition) is 0. The van der Waals surface area contributed by atoms with E-state index >= 15 is 0 Å². The summed E-state index contributed by atoms with van der Waals surface area (Å²) in [5.41, 5.74) is 4.86. The molecule has 0 N–H and O–H groups in total. The Hall–Kier alpha value is -2.16. The van der Waals surface area contributed by atoms with Crippen molar-refractivity contribution in [1.82, 2.24) is 0 Å². The molecule has 1 heterocycles. The summed E-state index contributed by atoms with van der Waals surface area (Å²) < 4.78 is 10.8. The highest BCUT2D eigenvalue weighted by atomic mass is 16.7. The number of fused-ring (bicyclic) bond motifs is 1. The molecule has 3 rings (SSSR count). The lowest BCUT2D eigenvalue weighted by Gasteiger charge is -2.19. The van der Waals surface area contributed by atoms with E-state index in [9.17, 15) is 0 Å². The molecule has 2 aromatic carbocycles. The van der Waals surface area contributed by atoms with E-state index in [1.165, 1.54) is 16.8 Å². The molecule has 0 radical (unpaired) electrons. The molecule has 0 saturated carbocycles. The Bertz CT molecular complexity index is 620. The predicted octanol–water partition coefficient (Wildman–Crippen LogP) is 3.46. The van der Waals surface area contributed by atoms with Crippen LogP contribution in [-0.2, 0) is 0 Å². The molecule has 0 saturated heterocycles. The molecule has 0 fully saturated rings. The van der Waals surface area contributed by atoms with Gasteiger partial charge in [0.2, 0.25) is 6.79 Å². The second kappa shape index (κ2) is 4.50. The molecule has 19 heavy (non-hydrogen) atoms. The van der Waals surface area contributed by atoms with E-state index in [-0.39, 0.29) is 0 Å². The van der Waals surface area contributed by atoms with Gasteiger partial charge in [-0.1, -0.05) is 18.2 Å². The van der Waals surface area contributed by atoms with Crippen LogP contribution in [0.2, 0.25) is 0 Å². The summed E-state index contributed by atoms with van der Waals surface area (Å²) in [6, 6.07) is 12.5. The molecule has 2 aromatic rings. The van der Waals surface area contributed by atoms with Crippen molar-refractivity contribution in [2.45, 2.75) is 6.92 Å². The summed E-state index contributed by atoms with van der Waals surface area (Å²) in [4.78, 5) is 2.13. The third-order valence-electron chi connectivity index (χ3n) is 3.39. The smallest absolute Gasteiger partial charge is 0.231 e. The molecule has 1 aliphatic heterocycles. The van der Waals surface area contributed by atoms with Crippen LogP contribution in [0.25, 0.3) is 11.1 Å². The Balaban J connectivity index is 2.16. The maximum atomic E-state index is 5.46. The van der Waals surface area contributed by atoms with E-state index in [2.05, 4.69) is 56.3 Å². The van der Waals surface area contributed by atoms with Gasteiger partial charge in [0, 0.05) is 25.3 Å². The Kier molecular flexibility index (Phi) is 2.82. The van der Waals surface area contributed by atoms with Crippen LogP contribution >= 0.6 is 0 Å². The molecule has 98 valence electrons. The number of hydrogen-bond acceptors (Lipinski definition) is 3. The molecule has 0 aromatic heterocycles. The van der Waals surface area contributed by atoms with Crippen molar-refractivity contribution >= 4 is 5.69 Å². The molecular formula is C16H17NO2. The second-order valence-corrected chi connectivity index (χ2v) is 4.93. The fourth-order valence-corrected chi connectivity index (χ4v) is 2.45. The number of anilines is 1. The van der Waals surface area contributed by atoms with Crippen molar-refractivity contribution in [3.8, 4) is 22.6 Å². The molecule has 3 nitrogen and oxygen atoms in total. The Labute approximate surface area is 113 Å². The van der Waals surface area contributed by atoms with Crippen LogP contribution in [0.15, 0.2) is 36.4 Å². The molecule has 0 bridgehead atoms. The SMILES string of the molecule is Cc1cccc(N(C)C)c1-c1ccc2c(c1)OCO2. The monoisotopic (exact) mass is 255 g/mol. The van der Waals surface area contributed by atoms with Gasteiger partial charge < -0.3 is 14.4 Å². The number of ether oxygens (including phenoxy) is 2. The topological polar surface area (TPSA) is 21.7 Å². The zero-order chi connectivity index (χ0) is 13.4. The summed E-state index contributed by atoms with van der Waals surface area (Å²) >= 11 is 0. The van der Waals surface area contributed by atoms with Crippen LogP contribution < -0.4 is 14.4 Å². The van der Waals surface area contributed by atoms with Crippen molar-refractivity contribution in [1.29, 1.82) is 0 Å². The van der Waals surface area contributed by atoms with Crippen LogP contribution in [0.5, 0.6) is 11.5 Å². The van der Waals surface area contributed by atoms with Crippen LogP contribution in [0.1, 0.15) is 5.56 Å². The highest BCUT2D eigenvalue weighted by Gasteiger charge is 2.16. The van der Waals surface area contributed by atoms with Crippen molar-refractivity contribution in [2.24, 2.45) is 0 Å². The van der Waals surface area contributed by atoms with Gasteiger partial charge in [-0.2, -0.15) is 0 Å². The average molecular weight is 255 g/mol. The summed E-state index contributed by atoms with van der Waals surface area (Å²) in [6.45, 7) is 2.44. The molecule has 0 unspecified atom stereocenters. The molecule has 1 aliphatic rings. The number of nitrogens with zero attached hydrogens (tertiary/aromatic N) is 1. The summed E-state index contributed by atoms with van der Waals surface area (Å²) in [6.07, 6.45) is 0. The largest absolute Gasteiger partial charge is 0.454 e. The molecular weight excluding hydrogens is 238 g/mol. The third kappa shape index (κ3) is 2.01. The molecule has 0 aliphatic carbocycles. The van der Waals surface area contributed by atoms with Gasteiger partial charge in [0.05, 0.1) is 0 Å². The molecule has 0 atom stereocenters. The van der Waals surface area contributed by atoms with E-state index in [4.69, 9.17) is 9.47 Å². The maximum absolute atomic E-state index is 5.46. The standard InChI is InChI=1S/C16H17NO2/c1-11-5-4-6-13(17(2)3)16(11)12-7-8-14-15(9-12)19-10-18-14/h4-9H,10H2,1-3H3. The Morgan fingerprint density at radius 1 is 1.00 bits per heavy atom. The maximum Gasteiger partial charge on any atom is 0.231 e. The van der Waals surface area contributed by atoms with Crippen molar-refractivity contribution in [2.75, 3.05) is 25.8 Å². The predicted molar refractivity (Wildman–Crippen MR) is 77.1 cm³/mol. The molecule has 3 heteroatoms. The highest BCUT2D eigenvalue weighted by molar-refractivity contribution is 5.82. The van der Waals surface area contributed by atoms with Gasteiger partial charge in [-0.05, 0) is 36.2 Å². The van der Waals surface area contributed by atoms with Crippen molar-refractivity contribution < 1.29 is 9.47 Å². The summed E-state index contributed by atoms with van der Waals surface area (Å²) in [7, 11) is 4.12. The first-order valence-corrected chi connectivity index (χ1v) is 6.34. The van der Waals surface area contributed by atoms with Crippen LogP contribution in [-0.4, -0.2) is 20.9 Å². The number of benzene rings is 2. The first-order valence-electron chi connectivity index (χ1n) is 6.34. The fraction of sp³-hybridized carbons (Fsp3) is 0.250. The highest BCUT2D eigenvalue weighted by Crippen LogP contribution is 2.39. The lowest BCUT2D eigenvalue weighted by Crippen LogP contribution is -2.10. The number of aryl methyl sites for hydroxylation is 1. The summed E-state index contributed by atoms with van der Waals surface area (Å²) in [5.74, 6) is 1.65. The zero-order valence-electron chi connectivity index (χ0n) is 11.4. The van der Waals surface area contributed by atoms with Gasteiger partial charge in [0.15, 0.2) is 11.5 Å². The van der Waals surface area contributed by atoms with Gasteiger partial charge in [-0.3, -0.25) is 0 Å². The Morgan fingerprint density at radius 2 is 1.79 bits per heavy atom. The van der Waals surface area contributed by atoms with Gasteiger partial charge >= 0.3 is 0 Å². The quantitative estimate of drug-likeness (QED) is 0.820. The zero-order valence-corrected chi connectivity index (χ0v) is 11.4. The minimum Gasteiger partial charge on any atom is -0.454 e. The minimum atomic E-state index is 0.313. The van der Waals surface area contributed by atoms with Crippen molar-refractivity contribution in [3.05, 3.63) is 42.0 Å². The Morgan fingerprint density at radius 3 is 2.58 bits per heavy atom. The molecule has 0 spiro atoms. The van der Waals surface area contributed by atoms with E-state index in [0.29, 0.717) is 6.79 Å². The number of rotatable bonds is 2. The van der Waals surface area contributed by atoms with E-state index in [1.807, 2.05) is 6.07 Å². The second-order valence-electron chi connectivity index (χ2n) is 4.93. The normalized spacial score (nSPS) is 12.6. The third-order valence-corrected chi connectivity index (χ3v) is 3.39. The van der Waals surface area contributed by atoms with E-state index < -0.39 is 0 Å². The van der Waals surface area contributed by atoms with E-state index in [1.54, 1.807) is 0 Å². The first kappa shape index (κ1) is 11.9. The lowest BCUT2D eigenvalue weighted by atomic mass is 9.97. The minimum absolute atomic E-state index is 0.313. The van der Waals surface area contributed by atoms with Gasteiger partial charge in [0.25, 0.3) is 0 Å². The van der Waals surface area contributed by atoms with Crippen LogP contribution in [0.4, 0.5) is 5.69 Å². The lowest BCUT2D eigenvalue weighted by molar-refractivity contribution is 0.174. The fourth-order valence-electron chi connectivity index (χ4n) is 2.45.